The number of nitrogens with one attached hydrogen (secondary N) is 1. The molecule has 0 aromatic heterocycles. The lowest BCUT2D eigenvalue weighted by molar-refractivity contribution is -0.120. The number of carbonyl (C=O) groups is 1. The Kier molecular flexibility index (Phi) is 5.27. The molecule has 32 heavy (non-hydrogen) atoms. The number of rotatable bonds is 3. The SMILES string of the molecule is O=C(Nc1ccccc1-c1ccccc1)C1CCN(C2=NS(=O)(=O)c3ccccc32)CC1. The monoisotopic (exact) mass is 445 g/mol. The molecule has 0 atom stereocenters. The summed E-state index contributed by atoms with van der Waals surface area (Å²) >= 11 is 0. The molecule has 0 spiro atoms. The van der Waals surface area contributed by atoms with E-state index in [4.69, 9.17) is 0 Å². The minimum Gasteiger partial charge on any atom is -0.355 e. The van der Waals surface area contributed by atoms with E-state index in [2.05, 4.69) is 9.71 Å². The summed E-state index contributed by atoms with van der Waals surface area (Å²) in [5, 5.41) is 3.11. The van der Waals surface area contributed by atoms with Crippen LogP contribution >= 0.6 is 0 Å². The van der Waals surface area contributed by atoms with Gasteiger partial charge in [0.1, 0.15) is 4.90 Å². The van der Waals surface area contributed by atoms with Crippen molar-refractivity contribution >= 4 is 27.5 Å². The molecule has 0 aliphatic carbocycles. The van der Waals surface area contributed by atoms with Crippen LogP contribution in [0.3, 0.4) is 0 Å². The first-order valence-corrected chi connectivity index (χ1v) is 12.1. The van der Waals surface area contributed by atoms with Crippen LogP contribution in [0.25, 0.3) is 11.1 Å². The summed E-state index contributed by atoms with van der Waals surface area (Å²) in [4.78, 5) is 15.3. The predicted octanol–water partition coefficient (Wildman–Crippen LogP) is 4.15. The van der Waals surface area contributed by atoms with E-state index >= 15 is 0 Å². The van der Waals surface area contributed by atoms with Crippen molar-refractivity contribution in [2.75, 3.05) is 18.4 Å². The molecule has 1 N–H and O–H groups in total. The van der Waals surface area contributed by atoms with Gasteiger partial charge in [-0.3, -0.25) is 4.79 Å². The van der Waals surface area contributed by atoms with Crippen molar-refractivity contribution in [2.45, 2.75) is 17.7 Å². The third-order valence-corrected chi connectivity index (χ3v) is 7.37. The maximum Gasteiger partial charge on any atom is 0.285 e. The van der Waals surface area contributed by atoms with Gasteiger partial charge < -0.3 is 10.2 Å². The van der Waals surface area contributed by atoms with Crippen LogP contribution in [0.5, 0.6) is 0 Å². The number of amides is 1. The average Bonchev–Trinajstić information content (AvgIpc) is 3.11. The molecule has 162 valence electrons. The van der Waals surface area contributed by atoms with Gasteiger partial charge in [-0.15, -0.1) is 4.40 Å². The van der Waals surface area contributed by atoms with E-state index in [0.717, 1.165) is 16.8 Å². The van der Waals surface area contributed by atoms with Crippen LogP contribution in [0.1, 0.15) is 18.4 Å². The fourth-order valence-electron chi connectivity index (χ4n) is 4.37. The lowest BCUT2D eigenvalue weighted by Crippen LogP contribution is -2.41. The average molecular weight is 446 g/mol. The predicted molar refractivity (Wildman–Crippen MR) is 125 cm³/mol. The number of carbonyl (C=O) groups excluding carboxylic acids is 1. The maximum atomic E-state index is 13.0. The smallest absolute Gasteiger partial charge is 0.285 e. The molecule has 2 heterocycles. The van der Waals surface area contributed by atoms with Crippen molar-refractivity contribution in [3.63, 3.8) is 0 Å². The number of anilines is 1. The van der Waals surface area contributed by atoms with Crippen molar-refractivity contribution in [2.24, 2.45) is 10.3 Å². The number of likely N-dealkylation sites (tertiary alicyclic amines) is 1. The highest BCUT2D eigenvalue weighted by atomic mass is 32.2. The molecule has 7 heteroatoms. The quantitative estimate of drug-likeness (QED) is 0.657. The highest BCUT2D eigenvalue weighted by Gasteiger charge is 2.34. The molecule has 2 aliphatic heterocycles. The number of benzene rings is 3. The van der Waals surface area contributed by atoms with Gasteiger partial charge in [-0.2, -0.15) is 8.42 Å². The molecule has 1 fully saturated rings. The summed E-state index contributed by atoms with van der Waals surface area (Å²) in [6.45, 7) is 1.17. The van der Waals surface area contributed by atoms with Crippen LogP contribution in [0, 0.1) is 5.92 Å². The van der Waals surface area contributed by atoms with Crippen LogP contribution in [0.4, 0.5) is 5.69 Å². The van der Waals surface area contributed by atoms with Crippen LogP contribution in [-0.2, 0) is 14.8 Å². The number of piperidine rings is 1. The Balaban J connectivity index is 1.28. The number of hydrogen-bond acceptors (Lipinski definition) is 4. The number of sulfonamides is 1. The Morgan fingerprint density at radius 3 is 2.22 bits per heavy atom. The molecular weight excluding hydrogens is 422 g/mol. The number of nitrogens with zero attached hydrogens (tertiary/aromatic N) is 2. The second-order valence-corrected chi connectivity index (χ2v) is 9.62. The van der Waals surface area contributed by atoms with E-state index in [1.807, 2.05) is 65.6 Å². The summed E-state index contributed by atoms with van der Waals surface area (Å²) in [7, 11) is -3.64. The standard InChI is InChI=1S/C25H23N3O3S/c29-25(26-22-12-6-4-10-20(22)18-8-2-1-3-9-18)19-14-16-28(17-15-19)24-21-11-5-7-13-23(21)32(30,31)27-24/h1-13,19H,14-17H2,(H,26,29). The van der Waals surface area contributed by atoms with E-state index in [1.54, 1.807) is 18.2 Å². The van der Waals surface area contributed by atoms with Gasteiger partial charge in [0, 0.05) is 35.8 Å². The molecule has 1 saturated heterocycles. The topological polar surface area (TPSA) is 78.8 Å². The largest absolute Gasteiger partial charge is 0.355 e. The first-order chi connectivity index (χ1) is 15.5. The molecule has 0 saturated carbocycles. The van der Waals surface area contributed by atoms with Crippen molar-refractivity contribution in [1.29, 1.82) is 0 Å². The second-order valence-electron chi connectivity index (χ2n) is 8.05. The molecule has 2 aliphatic rings. The van der Waals surface area contributed by atoms with Crippen LogP contribution < -0.4 is 5.32 Å². The molecule has 0 bridgehead atoms. The molecule has 6 nitrogen and oxygen atoms in total. The Labute approximate surface area is 187 Å². The minimum absolute atomic E-state index is 0.00517. The van der Waals surface area contributed by atoms with Gasteiger partial charge in [-0.25, -0.2) is 0 Å². The molecule has 3 aromatic rings. The Bertz CT molecular complexity index is 1290. The van der Waals surface area contributed by atoms with E-state index in [1.165, 1.54) is 0 Å². The van der Waals surface area contributed by atoms with E-state index in [0.29, 0.717) is 37.3 Å². The van der Waals surface area contributed by atoms with Gasteiger partial charge in [-0.05, 0) is 36.6 Å². The van der Waals surface area contributed by atoms with Gasteiger partial charge >= 0.3 is 0 Å². The molecule has 1 amide bonds. The van der Waals surface area contributed by atoms with Crippen LogP contribution in [0.2, 0.25) is 0 Å². The number of para-hydroxylation sites is 1. The molecule has 3 aromatic carbocycles. The zero-order valence-electron chi connectivity index (χ0n) is 17.4. The molecule has 0 unspecified atom stereocenters. The Hall–Kier alpha value is -3.45. The summed E-state index contributed by atoms with van der Waals surface area (Å²) < 4.78 is 28.7. The van der Waals surface area contributed by atoms with Gasteiger partial charge in [-0.1, -0.05) is 60.7 Å². The first-order valence-electron chi connectivity index (χ1n) is 10.7. The van der Waals surface area contributed by atoms with Crippen molar-refractivity contribution in [3.05, 3.63) is 84.4 Å². The zero-order valence-corrected chi connectivity index (χ0v) is 18.3. The molecule has 5 rings (SSSR count). The summed E-state index contributed by atoms with van der Waals surface area (Å²) in [5.41, 5.74) is 3.48. The number of amidine groups is 1. The van der Waals surface area contributed by atoms with Gasteiger partial charge in [0.15, 0.2) is 5.84 Å². The normalized spacial score (nSPS) is 17.5. The lowest BCUT2D eigenvalue weighted by atomic mass is 9.94. The number of fused-ring (bicyclic) bond motifs is 1. The third kappa shape index (κ3) is 3.80. The fourth-order valence-corrected chi connectivity index (χ4v) is 5.59. The van der Waals surface area contributed by atoms with Crippen molar-refractivity contribution in [3.8, 4) is 11.1 Å². The lowest BCUT2D eigenvalue weighted by Gasteiger charge is -2.32. The van der Waals surface area contributed by atoms with Gasteiger partial charge in [0.05, 0.1) is 0 Å². The maximum absolute atomic E-state index is 13.0. The van der Waals surface area contributed by atoms with E-state index in [9.17, 15) is 13.2 Å². The Morgan fingerprint density at radius 1 is 0.844 bits per heavy atom. The second kappa shape index (κ2) is 8.24. The minimum atomic E-state index is -3.64. The van der Waals surface area contributed by atoms with Crippen LogP contribution in [0.15, 0.2) is 88.2 Å². The third-order valence-electron chi connectivity index (χ3n) is 6.05. The summed E-state index contributed by atoms with van der Waals surface area (Å²) in [6.07, 6.45) is 1.28. The van der Waals surface area contributed by atoms with Gasteiger partial charge in [0.25, 0.3) is 10.0 Å². The van der Waals surface area contributed by atoms with Gasteiger partial charge in [0.2, 0.25) is 5.91 Å². The zero-order chi connectivity index (χ0) is 22.1. The van der Waals surface area contributed by atoms with Crippen LogP contribution in [-0.4, -0.2) is 38.2 Å². The summed E-state index contributed by atoms with van der Waals surface area (Å²) in [5.74, 6) is 0.354. The Morgan fingerprint density at radius 2 is 1.47 bits per heavy atom. The van der Waals surface area contributed by atoms with Crippen molar-refractivity contribution in [1.82, 2.24) is 4.90 Å². The highest BCUT2D eigenvalue weighted by molar-refractivity contribution is 7.90. The summed E-state index contributed by atoms with van der Waals surface area (Å²) in [6, 6.07) is 24.7. The first kappa shape index (κ1) is 20.5. The fraction of sp³-hybridized carbons (Fsp3) is 0.200. The number of hydrogen-bond donors (Lipinski definition) is 1. The highest BCUT2D eigenvalue weighted by Crippen LogP contribution is 2.31. The molecular formula is C25H23N3O3S. The van der Waals surface area contributed by atoms with Crippen molar-refractivity contribution < 1.29 is 13.2 Å². The van der Waals surface area contributed by atoms with E-state index in [-0.39, 0.29) is 16.7 Å². The molecule has 0 radical (unpaired) electrons. The van der Waals surface area contributed by atoms with E-state index < -0.39 is 10.0 Å².